The molecular weight excluding hydrogens is 439 g/mol. The Hall–Kier alpha value is -1.70. The number of aliphatic imine (C=N–C) groups is 1. The Morgan fingerprint density at radius 2 is 1.92 bits per heavy atom. The van der Waals surface area contributed by atoms with Crippen LogP contribution in [0.5, 0.6) is 0 Å². The second-order valence-electron chi connectivity index (χ2n) is 6.33. The summed E-state index contributed by atoms with van der Waals surface area (Å²) in [4.78, 5) is 7.14. The van der Waals surface area contributed by atoms with E-state index >= 15 is 0 Å². The molecule has 2 heterocycles. The molecule has 1 fully saturated rings. The van der Waals surface area contributed by atoms with Crippen molar-refractivity contribution in [2.24, 2.45) is 4.99 Å². The zero-order chi connectivity index (χ0) is 17.3. The average molecular weight is 468 g/mol. The molecule has 1 aliphatic rings. The van der Waals surface area contributed by atoms with Gasteiger partial charge in [0.15, 0.2) is 5.96 Å². The van der Waals surface area contributed by atoms with Crippen molar-refractivity contribution in [3.63, 3.8) is 0 Å². The highest BCUT2D eigenvalue weighted by Gasteiger charge is 2.20. The number of anilines is 1. The predicted molar refractivity (Wildman–Crippen MR) is 119 cm³/mol. The lowest BCUT2D eigenvalue weighted by Gasteiger charge is -2.34. The highest BCUT2D eigenvalue weighted by Crippen LogP contribution is 2.19. The van der Waals surface area contributed by atoms with Gasteiger partial charge in [-0.3, -0.25) is 4.99 Å². The van der Waals surface area contributed by atoms with Crippen LogP contribution < -0.4 is 15.5 Å². The Morgan fingerprint density at radius 3 is 2.58 bits per heavy atom. The van der Waals surface area contributed by atoms with Crippen LogP contribution in [0.15, 0.2) is 58.1 Å². The smallest absolute Gasteiger partial charge is 0.191 e. The van der Waals surface area contributed by atoms with Crippen LogP contribution in [0.25, 0.3) is 0 Å². The van der Waals surface area contributed by atoms with Gasteiger partial charge in [-0.05, 0) is 44.0 Å². The minimum atomic E-state index is 0. The minimum absolute atomic E-state index is 0. The van der Waals surface area contributed by atoms with E-state index in [4.69, 9.17) is 4.42 Å². The van der Waals surface area contributed by atoms with Crippen LogP contribution in [0.4, 0.5) is 5.69 Å². The van der Waals surface area contributed by atoms with Crippen molar-refractivity contribution in [3.05, 3.63) is 54.5 Å². The van der Waals surface area contributed by atoms with Gasteiger partial charge in [-0.2, -0.15) is 0 Å². The Balaban J connectivity index is 0.00000243. The largest absolute Gasteiger partial charge is 0.469 e. The number of hydrogen-bond donors (Lipinski definition) is 2. The Kier molecular flexibility index (Phi) is 8.80. The number of guanidine groups is 1. The highest BCUT2D eigenvalue weighted by molar-refractivity contribution is 14.0. The quantitative estimate of drug-likeness (QED) is 0.386. The monoisotopic (exact) mass is 468 g/mol. The molecule has 0 bridgehead atoms. The van der Waals surface area contributed by atoms with E-state index in [1.807, 2.05) is 12.1 Å². The van der Waals surface area contributed by atoms with Gasteiger partial charge in [0.05, 0.1) is 6.26 Å². The van der Waals surface area contributed by atoms with Crippen molar-refractivity contribution in [2.45, 2.75) is 32.2 Å². The summed E-state index contributed by atoms with van der Waals surface area (Å²) in [7, 11) is 0. The van der Waals surface area contributed by atoms with Crippen LogP contribution in [-0.4, -0.2) is 38.2 Å². The molecule has 0 unspecified atom stereocenters. The van der Waals surface area contributed by atoms with Crippen molar-refractivity contribution >= 4 is 35.6 Å². The highest BCUT2D eigenvalue weighted by atomic mass is 127. The molecule has 0 saturated carbocycles. The molecule has 3 rings (SSSR count). The first-order valence-electron chi connectivity index (χ1n) is 9.22. The molecule has 26 heavy (non-hydrogen) atoms. The zero-order valence-electron chi connectivity index (χ0n) is 15.4. The number of nitrogens with zero attached hydrogens (tertiary/aromatic N) is 2. The molecule has 2 N–H and O–H groups in total. The number of furan rings is 1. The molecule has 2 aromatic rings. The van der Waals surface area contributed by atoms with E-state index in [1.54, 1.807) is 6.26 Å². The summed E-state index contributed by atoms with van der Waals surface area (Å²) in [6.45, 7) is 5.85. The zero-order valence-corrected chi connectivity index (χ0v) is 17.7. The van der Waals surface area contributed by atoms with Gasteiger partial charge < -0.3 is 20.0 Å². The first-order chi connectivity index (χ1) is 12.3. The Morgan fingerprint density at radius 1 is 1.15 bits per heavy atom. The van der Waals surface area contributed by atoms with E-state index < -0.39 is 0 Å². The summed E-state index contributed by atoms with van der Waals surface area (Å²) in [6, 6.07) is 15.0. The number of para-hydroxylation sites is 1. The molecule has 1 aromatic heterocycles. The number of halogens is 1. The van der Waals surface area contributed by atoms with Gasteiger partial charge in [-0.1, -0.05) is 18.2 Å². The van der Waals surface area contributed by atoms with Gasteiger partial charge in [-0.15, -0.1) is 24.0 Å². The summed E-state index contributed by atoms with van der Waals surface area (Å²) in [5.74, 6) is 1.89. The molecular formula is C20H29IN4O. The lowest BCUT2D eigenvalue weighted by molar-refractivity contribution is 0.461. The summed E-state index contributed by atoms with van der Waals surface area (Å²) >= 11 is 0. The third kappa shape index (κ3) is 6.23. The van der Waals surface area contributed by atoms with Crippen LogP contribution in [-0.2, 0) is 6.42 Å². The topological polar surface area (TPSA) is 52.8 Å². The number of hydrogen-bond acceptors (Lipinski definition) is 3. The van der Waals surface area contributed by atoms with E-state index in [0.29, 0.717) is 6.04 Å². The van der Waals surface area contributed by atoms with Gasteiger partial charge in [-0.25, -0.2) is 0 Å². The number of rotatable bonds is 6. The standard InChI is InChI=1S/C20H28N4O.HI/c1-2-21-20(22-13-10-19-9-6-16-25-19)23-17-11-14-24(15-12-17)18-7-4-3-5-8-18;/h3-9,16-17H,2,10-15H2,1H3,(H2,21,22,23);1H. The maximum atomic E-state index is 5.36. The lowest BCUT2D eigenvalue weighted by atomic mass is 10.0. The van der Waals surface area contributed by atoms with E-state index in [-0.39, 0.29) is 24.0 Å². The fraction of sp³-hybridized carbons (Fsp3) is 0.450. The SMILES string of the molecule is CCNC(=NCCc1ccco1)NC1CCN(c2ccccc2)CC1.I. The first kappa shape index (κ1) is 20.6. The number of piperidine rings is 1. The molecule has 1 saturated heterocycles. The molecule has 6 heteroatoms. The third-order valence-corrected chi connectivity index (χ3v) is 4.51. The maximum Gasteiger partial charge on any atom is 0.191 e. The second-order valence-corrected chi connectivity index (χ2v) is 6.33. The molecule has 0 aliphatic carbocycles. The summed E-state index contributed by atoms with van der Waals surface area (Å²) in [5.41, 5.74) is 1.32. The van der Waals surface area contributed by atoms with Gasteiger partial charge in [0.1, 0.15) is 5.76 Å². The molecule has 142 valence electrons. The van der Waals surface area contributed by atoms with Crippen molar-refractivity contribution < 1.29 is 4.42 Å². The van der Waals surface area contributed by atoms with E-state index in [9.17, 15) is 0 Å². The van der Waals surface area contributed by atoms with Gasteiger partial charge in [0.2, 0.25) is 0 Å². The van der Waals surface area contributed by atoms with E-state index in [0.717, 1.165) is 57.2 Å². The van der Waals surface area contributed by atoms with Crippen LogP contribution >= 0.6 is 24.0 Å². The van der Waals surface area contributed by atoms with Crippen molar-refractivity contribution in [3.8, 4) is 0 Å². The fourth-order valence-electron chi connectivity index (χ4n) is 3.17. The average Bonchev–Trinajstić information content (AvgIpc) is 3.17. The van der Waals surface area contributed by atoms with Crippen LogP contribution in [0.2, 0.25) is 0 Å². The van der Waals surface area contributed by atoms with E-state index in [1.165, 1.54) is 5.69 Å². The number of benzene rings is 1. The molecule has 5 nitrogen and oxygen atoms in total. The Labute approximate surface area is 173 Å². The molecule has 1 aromatic carbocycles. The van der Waals surface area contributed by atoms with Crippen LogP contribution in [0.3, 0.4) is 0 Å². The summed E-state index contributed by atoms with van der Waals surface area (Å²) < 4.78 is 5.36. The van der Waals surface area contributed by atoms with Gasteiger partial charge >= 0.3 is 0 Å². The second kappa shape index (κ2) is 11.1. The summed E-state index contributed by atoms with van der Waals surface area (Å²) in [6.07, 6.45) is 4.79. The first-order valence-corrected chi connectivity index (χ1v) is 9.22. The normalized spacial score (nSPS) is 15.4. The molecule has 1 aliphatic heterocycles. The summed E-state index contributed by atoms with van der Waals surface area (Å²) in [5, 5.41) is 6.94. The third-order valence-electron chi connectivity index (χ3n) is 4.51. The lowest BCUT2D eigenvalue weighted by Crippen LogP contribution is -2.48. The van der Waals surface area contributed by atoms with Gasteiger partial charge in [0, 0.05) is 44.3 Å². The molecule has 0 radical (unpaired) electrons. The number of nitrogens with one attached hydrogen (secondary N) is 2. The van der Waals surface area contributed by atoms with Crippen molar-refractivity contribution in [2.75, 3.05) is 31.1 Å². The van der Waals surface area contributed by atoms with Crippen LogP contribution in [0.1, 0.15) is 25.5 Å². The molecule has 0 amide bonds. The Bertz CT molecular complexity index is 637. The van der Waals surface area contributed by atoms with Gasteiger partial charge in [0.25, 0.3) is 0 Å². The minimum Gasteiger partial charge on any atom is -0.469 e. The molecule has 0 atom stereocenters. The van der Waals surface area contributed by atoms with Crippen molar-refractivity contribution in [1.82, 2.24) is 10.6 Å². The fourth-order valence-corrected chi connectivity index (χ4v) is 3.17. The maximum absolute atomic E-state index is 5.36. The molecule has 0 spiro atoms. The predicted octanol–water partition coefficient (Wildman–Crippen LogP) is 3.66. The van der Waals surface area contributed by atoms with E-state index in [2.05, 4.69) is 57.8 Å². The van der Waals surface area contributed by atoms with Crippen molar-refractivity contribution in [1.29, 1.82) is 0 Å². The van der Waals surface area contributed by atoms with Crippen LogP contribution in [0, 0.1) is 0 Å².